The van der Waals surface area contributed by atoms with E-state index in [1.54, 1.807) is 0 Å². The van der Waals surface area contributed by atoms with Crippen molar-refractivity contribution in [1.82, 2.24) is 24.6 Å². The third-order valence-corrected chi connectivity index (χ3v) is 7.65. The second kappa shape index (κ2) is 10.9. The number of rotatable bonds is 7. The Kier molecular flexibility index (Phi) is 7.04. The van der Waals surface area contributed by atoms with Crippen LogP contribution in [0.1, 0.15) is 28.8 Å². The molecule has 1 aliphatic rings. The number of carbonyl (C=O) groups excluding carboxylic acids is 1. The van der Waals surface area contributed by atoms with Crippen LogP contribution in [0.2, 0.25) is 5.02 Å². The van der Waals surface area contributed by atoms with Gasteiger partial charge in [0.05, 0.1) is 29.6 Å². The highest BCUT2D eigenvalue weighted by atomic mass is 35.5. The number of H-pyrrole nitrogens is 1. The Labute approximate surface area is 232 Å². The summed E-state index contributed by atoms with van der Waals surface area (Å²) in [6.45, 7) is 2.82. The van der Waals surface area contributed by atoms with Crippen molar-refractivity contribution in [3.8, 4) is 11.3 Å². The zero-order valence-electron chi connectivity index (χ0n) is 21.7. The number of fused-ring (bicyclic) bond motifs is 1. The number of benzene rings is 3. The van der Waals surface area contributed by atoms with Crippen molar-refractivity contribution >= 4 is 40.0 Å². The Bertz CT molecular complexity index is 1600. The largest absolute Gasteiger partial charge is 0.382 e. The monoisotopic (exact) mass is 539 g/mol. The Hall–Kier alpha value is -4.14. The summed E-state index contributed by atoms with van der Waals surface area (Å²) >= 11 is 6.37. The number of halogens is 1. The van der Waals surface area contributed by atoms with Crippen LogP contribution >= 0.6 is 11.6 Å². The molecular weight excluding hydrogens is 510 g/mol. The molecule has 0 atom stereocenters. The van der Waals surface area contributed by atoms with Gasteiger partial charge in [-0.3, -0.25) is 9.89 Å². The van der Waals surface area contributed by atoms with Crippen LogP contribution in [0, 0.1) is 0 Å². The molecule has 5 aromatic rings. The maximum Gasteiger partial charge on any atom is 0.256 e. The first-order valence-corrected chi connectivity index (χ1v) is 13.5. The van der Waals surface area contributed by atoms with Crippen LogP contribution in [0.15, 0.2) is 79.1 Å². The number of anilines is 2. The third-order valence-electron chi connectivity index (χ3n) is 7.28. The number of piperidine rings is 1. The number of aromatic amines is 1. The molecule has 8 nitrogen and oxygen atoms in total. The molecule has 1 aliphatic heterocycles. The van der Waals surface area contributed by atoms with Crippen LogP contribution in [-0.4, -0.2) is 56.7 Å². The molecule has 0 bridgehead atoms. The van der Waals surface area contributed by atoms with Crippen molar-refractivity contribution < 1.29 is 4.79 Å². The van der Waals surface area contributed by atoms with Crippen molar-refractivity contribution in [3.05, 3.63) is 95.3 Å². The van der Waals surface area contributed by atoms with Crippen molar-refractivity contribution in [2.24, 2.45) is 0 Å². The topological polar surface area (TPSA) is 90.9 Å². The van der Waals surface area contributed by atoms with Gasteiger partial charge in [0.15, 0.2) is 0 Å². The summed E-state index contributed by atoms with van der Waals surface area (Å²) < 4.78 is 2.07. The average Bonchev–Trinajstić information content (AvgIpc) is 3.58. The van der Waals surface area contributed by atoms with Crippen LogP contribution in [0.5, 0.6) is 0 Å². The number of hydrogen-bond acceptors (Lipinski definition) is 5. The van der Waals surface area contributed by atoms with Crippen molar-refractivity contribution in [2.45, 2.75) is 25.4 Å². The fraction of sp³-hybridized carbons (Fsp3) is 0.233. The normalized spacial score (nSPS) is 14.5. The summed E-state index contributed by atoms with van der Waals surface area (Å²) in [6, 6.07) is 23.7. The van der Waals surface area contributed by atoms with E-state index < -0.39 is 0 Å². The van der Waals surface area contributed by atoms with Crippen LogP contribution < -0.4 is 10.6 Å². The predicted octanol–water partition coefficient (Wildman–Crippen LogP) is 5.89. The van der Waals surface area contributed by atoms with Crippen molar-refractivity contribution in [3.63, 3.8) is 0 Å². The molecular formula is C30H30ClN7O. The Balaban J connectivity index is 1.12. The maximum absolute atomic E-state index is 12.9. The van der Waals surface area contributed by atoms with Crippen molar-refractivity contribution in [1.29, 1.82) is 0 Å². The third kappa shape index (κ3) is 5.67. The minimum absolute atomic E-state index is 0.190. The molecule has 0 radical (unpaired) electrons. The predicted molar refractivity (Wildman–Crippen MR) is 156 cm³/mol. The number of hydrogen-bond donors (Lipinski definition) is 3. The molecule has 2 aromatic heterocycles. The van der Waals surface area contributed by atoms with Crippen LogP contribution in [0.3, 0.4) is 0 Å². The zero-order valence-corrected chi connectivity index (χ0v) is 22.4. The molecule has 6 rings (SSSR count). The summed E-state index contributed by atoms with van der Waals surface area (Å²) in [5, 5.41) is 14.6. The molecule has 1 saturated heterocycles. The van der Waals surface area contributed by atoms with Crippen LogP contribution in [-0.2, 0) is 6.54 Å². The van der Waals surface area contributed by atoms with Gasteiger partial charge in [0, 0.05) is 33.9 Å². The van der Waals surface area contributed by atoms with Gasteiger partial charge in [-0.15, -0.1) is 0 Å². The van der Waals surface area contributed by atoms with Gasteiger partial charge in [-0.05, 0) is 81.0 Å². The minimum Gasteiger partial charge on any atom is -0.382 e. The number of amides is 1. The lowest BCUT2D eigenvalue weighted by molar-refractivity contribution is 0.102. The van der Waals surface area contributed by atoms with Gasteiger partial charge in [-0.2, -0.15) is 5.10 Å². The molecule has 3 aromatic carbocycles. The number of aromatic nitrogens is 4. The molecule has 3 heterocycles. The highest BCUT2D eigenvalue weighted by Gasteiger charge is 2.17. The maximum atomic E-state index is 12.9. The first-order chi connectivity index (χ1) is 19.0. The van der Waals surface area contributed by atoms with E-state index in [0.29, 0.717) is 24.0 Å². The van der Waals surface area contributed by atoms with E-state index in [9.17, 15) is 4.79 Å². The molecule has 1 amide bonds. The molecule has 3 N–H and O–H groups in total. The number of carbonyl (C=O) groups is 1. The molecule has 198 valence electrons. The van der Waals surface area contributed by atoms with Crippen molar-refractivity contribution in [2.75, 3.05) is 30.8 Å². The SMILES string of the molecule is CN1CCC(Nc2ccc(C(=O)Nc3cc(-c4ccc5ncn(Cc6ccccc6Cl)c5c4)n[nH]3)cc2)CC1. The van der Waals surface area contributed by atoms with Gasteiger partial charge in [0.25, 0.3) is 5.91 Å². The van der Waals surface area contributed by atoms with E-state index in [1.165, 1.54) is 0 Å². The summed E-state index contributed by atoms with van der Waals surface area (Å²) in [7, 11) is 2.16. The van der Waals surface area contributed by atoms with E-state index in [0.717, 1.165) is 64.5 Å². The summed E-state index contributed by atoms with van der Waals surface area (Å²) in [5.41, 5.74) is 6.18. The number of nitrogens with one attached hydrogen (secondary N) is 3. The minimum atomic E-state index is -0.190. The molecule has 1 fully saturated rings. The summed E-state index contributed by atoms with van der Waals surface area (Å²) in [5.74, 6) is 0.345. The molecule has 0 aliphatic carbocycles. The quantitative estimate of drug-likeness (QED) is 0.240. The van der Waals surface area contributed by atoms with Crippen LogP contribution in [0.25, 0.3) is 22.3 Å². The summed E-state index contributed by atoms with van der Waals surface area (Å²) in [6.07, 6.45) is 4.07. The van der Waals surface area contributed by atoms with Gasteiger partial charge in [0.1, 0.15) is 5.82 Å². The lowest BCUT2D eigenvalue weighted by Gasteiger charge is -2.30. The highest BCUT2D eigenvalue weighted by Crippen LogP contribution is 2.26. The molecule has 0 spiro atoms. The molecule has 0 saturated carbocycles. The molecule has 39 heavy (non-hydrogen) atoms. The average molecular weight is 540 g/mol. The Morgan fingerprint density at radius 1 is 1.05 bits per heavy atom. The van der Waals surface area contributed by atoms with E-state index in [-0.39, 0.29) is 5.91 Å². The van der Waals surface area contributed by atoms with Gasteiger partial charge in [-0.25, -0.2) is 4.98 Å². The standard InChI is InChI=1S/C30H30ClN7O/c1-37-14-12-24(13-15-37)33-23-9-6-20(7-10-23)30(39)34-29-17-27(35-36-29)21-8-11-26-28(16-21)38(19-32-26)18-22-4-2-3-5-25(22)31/h2-11,16-17,19,24,33H,12-15,18H2,1H3,(H2,34,35,36,39). The number of imidazole rings is 1. The highest BCUT2D eigenvalue weighted by molar-refractivity contribution is 6.31. The van der Waals surface area contributed by atoms with E-state index in [1.807, 2.05) is 73.1 Å². The molecule has 9 heteroatoms. The lowest BCUT2D eigenvalue weighted by atomic mass is 10.0. The first-order valence-electron chi connectivity index (χ1n) is 13.1. The second-order valence-electron chi connectivity index (χ2n) is 10.1. The van der Waals surface area contributed by atoms with E-state index in [2.05, 4.69) is 48.4 Å². The zero-order chi connectivity index (χ0) is 26.8. The Morgan fingerprint density at radius 3 is 2.64 bits per heavy atom. The van der Waals surface area contributed by atoms with Gasteiger partial charge < -0.3 is 20.1 Å². The summed E-state index contributed by atoms with van der Waals surface area (Å²) in [4.78, 5) is 19.8. The van der Waals surface area contributed by atoms with Gasteiger partial charge >= 0.3 is 0 Å². The molecule has 0 unspecified atom stereocenters. The Morgan fingerprint density at radius 2 is 1.85 bits per heavy atom. The van der Waals surface area contributed by atoms with E-state index >= 15 is 0 Å². The lowest BCUT2D eigenvalue weighted by Crippen LogP contribution is -2.36. The smallest absolute Gasteiger partial charge is 0.256 e. The fourth-order valence-corrected chi connectivity index (χ4v) is 5.18. The van der Waals surface area contributed by atoms with E-state index in [4.69, 9.17) is 11.6 Å². The van der Waals surface area contributed by atoms with Crippen LogP contribution in [0.4, 0.5) is 11.5 Å². The van der Waals surface area contributed by atoms with Gasteiger partial charge in [0.2, 0.25) is 0 Å². The fourth-order valence-electron chi connectivity index (χ4n) is 4.99. The number of likely N-dealkylation sites (tertiary alicyclic amines) is 1. The first kappa shape index (κ1) is 25.2. The van der Waals surface area contributed by atoms with Gasteiger partial charge in [-0.1, -0.05) is 35.9 Å². The number of nitrogens with zero attached hydrogens (tertiary/aromatic N) is 4. The second-order valence-corrected chi connectivity index (χ2v) is 10.5.